The Morgan fingerprint density at radius 2 is 1.72 bits per heavy atom. The fraction of sp³-hybridized carbons (Fsp3) is 0.444. The molecule has 3 heterocycles. The fourth-order valence-electron chi connectivity index (χ4n) is 4.03. The number of nitrogens with two attached hydrogens (primary N) is 1. The van der Waals surface area contributed by atoms with Crippen molar-refractivity contribution < 1.29 is 14.4 Å². The maximum atomic E-state index is 12.7. The minimum Gasteiger partial charge on any atom is -0.368 e. The first-order valence-corrected chi connectivity index (χ1v) is 8.70. The van der Waals surface area contributed by atoms with Gasteiger partial charge in [-0.05, 0) is 49.9 Å². The second-order valence-corrected chi connectivity index (χ2v) is 6.75. The Morgan fingerprint density at radius 3 is 2.36 bits per heavy atom. The van der Waals surface area contributed by atoms with Crippen molar-refractivity contribution in [2.24, 2.45) is 5.73 Å². The van der Waals surface area contributed by atoms with Crippen molar-refractivity contribution in [1.29, 1.82) is 0 Å². The summed E-state index contributed by atoms with van der Waals surface area (Å²) >= 11 is 0. The molecule has 4 amide bonds. The van der Waals surface area contributed by atoms with Crippen LogP contribution in [-0.4, -0.2) is 59.4 Å². The van der Waals surface area contributed by atoms with Crippen LogP contribution in [0.25, 0.3) is 0 Å². The molecular formula is C18H21N4O3. The van der Waals surface area contributed by atoms with Gasteiger partial charge in [-0.15, -0.1) is 0 Å². The van der Waals surface area contributed by atoms with Crippen LogP contribution >= 0.6 is 0 Å². The predicted octanol–water partition coefficient (Wildman–Crippen LogP) is 0.995. The molecule has 2 N–H and O–H groups in total. The summed E-state index contributed by atoms with van der Waals surface area (Å²) in [6.45, 7) is 2.19. The van der Waals surface area contributed by atoms with Crippen molar-refractivity contribution in [1.82, 2.24) is 9.80 Å². The molecule has 0 saturated carbocycles. The third-order valence-corrected chi connectivity index (χ3v) is 5.27. The van der Waals surface area contributed by atoms with Crippen molar-refractivity contribution >= 4 is 23.5 Å². The Balaban J connectivity index is 1.59. The van der Waals surface area contributed by atoms with E-state index in [1.807, 2.05) is 11.3 Å². The Labute approximate surface area is 146 Å². The molecule has 0 aliphatic carbocycles. The van der Waals surface area contributed by atoms with Crippen LogP contribution in [0.4, 0.5) is 10.5 Å². The van der Waals surface area contributed by atoms with E-state index in [-0.39, 0.29) is 18.0 Å². The summed E-state index contributed by atoms with van der Waals surface area (Å²) in [5.74, 6) is -0.506. The number of hydrogen-bond acceptors (Lipinski definition) is 3. The molecule has 1 aromatic rings. The second-order valence-electron chi connectivity index (χ2n) is 6.75. The zero-order chi connectivity index (χ0) is 17.6. The lowest BCUT2D eigenvalue weighted by Gasteiger charge is -2.23. The largest absolute Gasteiger partial charge is 0.368 e. The third-order valence-electron chi connectivity index (χ3n) is 5.27. The summed E-state index contributed by atoms with van der Waals surface area (Å²) in [4.78, 5) is 42.0. The smallest absolute Gasteiger partial charge is 0.325 e. The number of primary amides is 1. The number of rotatable bonds is 3. The van der Waals surface area contributed by atoms with E-state index in [0.717, 1.165) is 32.4 Å². The standard InChI is InChI=1S/C18H21N4O3/c19-16(23)15-14-4-3-11-21(14)18(25)22(15)13-7-5-12(6-8-13)17(24)20-9-1-2-10-20/h4-8,14-15H,1-3,9-11H2,(H2,19,23)/t14-,15?/m1/s1. The molecule has 2 atom stereocenters. The lowest BCUT2D eigenvalue weighted by molar-refractivity contribution is -0.119. The molecule has 3 aliphatic heterocycles. The minimum atomic E-state index is -0.699. The number of benzene rings is 1. The van der Waals surface area contributed by atoms with Crippen LogP contribution in [0.1, 0.15) is 29.6 Å². The maximum Gasteiger partial charge on any atom is 0.325 e. The van der Waals surface area contributed by atoms with E-state index in [0.29, 0.717) is 17.8 Å². The van der Waals surface area contributed by atoms with Gasteiger partial charge < -0.3 is 15.5 Å². The van der Waals surface area contributed by atoms with E-state index < -0.39 is 11.9 Å². The van der Waals surface area contributed by atoms with Gasteiger partial charge in [0.05, 0.1) is 6.04 Å². The molecule has 3 fully saturated rings. The number of urea groups is 1. The van der Waals surface area contributed by atoms with Crippen LogP contribution in [0.2, 0.25) is 0 Å². The Hall–Kier alpha value is -2.57. The van der Waals surface area contributed by atoms with Gasteiger partial charge in [0.25, 0.3) is 5.91 Å². The van der Waals surface area contributed by atoms with Crippen LogP contribution in [0, 0.1) is 6.42 Å². The summed E-state index contributed by atoms with van der Waals surface area (Å²) in [6.07, 6.45) is 4.83. The molecule has 25 heavy (non-hydrogen) atoms. The quantitative estimate of drug-likeness (QED) is 0.889. The van der Waals surface area contributed by atoms with E-state index in [9.17, 15) is 14.4 Å². The second kappa shape index (κ2) is 6.06. The van der Waals surface area contributed by atoms with Crippen molar-refractivity contribution in [2.75, 3.05) is 24.5 Å². The van der Waals surface area contributed by atoms with Gasteiger partial charge in [-0.25, -0.2) is 4.79 Å². The highest BCUT2D eigenvalue weighted by molar-refractivity contribution is 6.04. The number of hydrogen-bond donors (Lipinski definition) is 1. The first kappa shape index (κ1) is 15.9. The number of carbonyl (C=O) groups is 3. The number of amides is 4. The highest BCUT2D eigenvalue weighted by atomic mass is 16.2. The molecule has 1 unspecified atom stereocenters. The molecular weight excluding hydrogens is 320 g/mol. The molecule has 0 spiro atoms. The van der Waals surface area contributed by atoms with Gasteiger partial charge in [-0.1, -0.05) is 0 Å². The Bertz CT molecular complexity index is 712. The Morgan fingerprint density at radius 1 is 1.04 bits per heavy atom. The highest BCUT2D eigenvalue weighted by Crippen LogP contribution is 2.34. The summed E-state index contributed by atoms with van der Waals surface area (Å²) in [5.41, 5.74) is 6.75. The zero-order valence-electron chi connectivity index (χ0n) is 13.9. The molecule has 7 heteroatoms. The molecule has 1 radical (unpaired) electrons. The molecule has 3 aliphatic rings. The van der Waals surface area contributed by atoms with Gasteiger partial charge >= 0.3 is 6.03 Å². The van der Waals surface area contributed by atoms with Gasteiger partial charge in [-0.3, -0.25) is 14.5 Å². The van der Waals surface area contributed by atoms with E-state index in [4.69, 9.17) is 5.73 Å². The average Bonchev–Trinajstić information content (AvgIpc) is 3.33. The van der Waals surface area contributed by atoms with Crippen molar-refractivity contribution in [3.05, 3.63) is 36.2 Å². The number of nitrogens with zero attached hydrogens (tertiary/aromatic N) is 3. The van der Waals surface area contributed by atoms with E-state index >= 15 is 0 Å². The number of likely N-dealkylation sites (tertiary alicyclic amines) is 1. The van der Waals surface area contributed by atoms with E-state index in [1.165, 1.54) is 4.90 Å². The number of fused-ring (bicyclic) bond motifs is 1. The average molecular weight is 341 g/mol. The third kappa shape index (κ3) is 2.54. The molecule has 4 rings (SSSR count). The lowest BCUT2D eigenvalue weighted by Crippen LogP contribution is -2.46. The lowest BCUT2D eigenvalue weighted by atomic mass is 10.0. The van der Waals surface area contributed by atoms with Crippen LogP contribution in [0.5, 0.6) is 0 Å². The first-order chi connectivity index (χ1) is 12.1. The van der Waals surface area contributed by atoms with Crippen molar-refractivity contribution in [3.8, 4) is 0 Å². The SMILES string of the molecule is NC(=O)C1[C@H]2[CH]CCN2C(=O)N1c1ccc(C(=O)N2CCCC2)cc1. The normalized spacial score (nSPS) is 25.6. The monoisotopic (exact) mass is 341 g/mol. The van der Waals surface area contributed by atoms with Crippen molar-refractivity contribution in [3.63, 3.8) is 0 Å². The molecule has 131 valence electrons. The predicted molar refractivity (Wildman–Crippen MR) is 91.8 cm³/mol. The topological polar surface area (TPSA) is 87.0 Å². The van der Waals surface area contributed by atoms with Crippen LogP contribution in [0.15, 0.2) is 24.3 Å². The van der Waals surface area contributed by atoms with Gasteiger partial charge in [-0.2, -0.15) is 0 Å². The first-order valence-electron chi connectivity index (χ1n) is 8.70. The molecule has 1 aromatic carbocycles. The summed E-state index contributed by atoms with van der Waals surface area (Å²) in [6, 6.07) is 5.70. The van der Waals surface area contributed by atoms with E-state index in [2.05, 4.69) is 0 Å². The number of carbonyl (C=O) groups excluding carboxylic acids is 3. The molecule has 0 bridgehead atoms. The minimum absolute atomic E-state index is 0.0113. The molecule has 0 aromatic heterocycles. The zero-order valence-corrected chi connectivity index (χ0v) is 13.9. The highest BCUT2D eigenvalue weighted by Gasteiger charge is 2.51. The van der Waals surface area contributed by atoms with Crippen molar-refractivity contribution in [2.45, 2.75) is 31.3 Å². The Kier molecular flexibility index (Phi) is 3.86. The summed E-state index contributed by atoms with van der Waals surface area (Å²) in [5, 5.41) is 0. The van der Waals surface area contributed by atoms with E-state index in [1.54, 1.807) is 29.2 Å². The number of anilines is 1. The summed E-state index contributed by atoms with van der Waals surface area (Å²) in [7, 11) is 0. The maximum absolute atomic E-state index is 12.7. The fourth-order valence-corrected chi connectivity index (χ4v) is 4.03. The van der Waals surface area contributed by atoms with Gasteiger partial charge in [0.1, 0.15) is 6.04 Å². The molecule has 7 nitrogen and oxygen atoms in total. The van der Waals surface area contributed by atoms with Gasteiger partial charge in [0, 0.05) is 30.9 Å². The van der Waals surface area contributed by atoms with Crippen LogP contribution < -0.4 is 10.6 Å². The van der Waals surface area contributed by atoms with Gasteiger partial charge in [0.15, 0.2) is 0 Å². The van der Waals surface area contributed by atoms with Gasteiger partial charge in [0.2, 0.25) is 5.91 Å². The molecule has 3 saturated heterocycles. The van der Waals surface area contributed by atoms with Crippen LogP contribution in [0.3, 0.4) is 0 Å². The summed E-state index contributed by atoms with van der Waals surface area (Å²) < 4.78 is 0. The van der Waals surface area contributed by atoms with Crippen LogP contribution in [-0.2, 0) is 4.79 Å².